The van der Waals surface area contributed by atoms with Crippen molar-refractivity contribution in [2.24, 2.45) is 5.92 Å². The van der Waals surface area contributed by atoms with E-state index in [0.29, 0.717) is 5.92 Å². The first-order valence-electron chi connectivity index (χ1n) is 6.41. The van der Waals surface area contributed by atoms with Gasteiger partial charge in [0.25, 0.3) is 0 Å². The molecule has 2 unspecified atom stereocenters. The number of likely N-dealkylation sites (tertiary alicyclic amines) is 1. The fraction of sp³-hybridized carbons (Fsp3) is 0.833. The van der Waals surface area contributed by atoms with E-state index < -0.39 is 0 Å². The summed E-state index contributed by atoms with van der Waals surface area (Å²) in [6.07, 6.45) is 2.55. The molecule has 0 aliphatic carbocycles. The second-order valence-corrected chi connectivity index (χ2v) is 4.92. The molecule has 96 valence electrons. The molecule has 1 aliphatic rings. The minimum absolute atomic E-state index is 0.160. The molecule has 2 heterocycles. The van der Waals surface area contributed by atoms with Gasteiger partial charge in [0.2, 0.25) is 5.89 Å². The summed E-state index contributed by atoms with van der Waals surface area (Å²) < 4.78 is 5.16. The first-order chi connectivity index (χ1) is 8.19. The van der Waals surface area contributed by atoms with E-state index in [4.69, 9.17) is 4.52 Å². The highest BCUT2D eigenvalue weighted by Gasteiger charge is 2.24. The third-order valence-corrected chi connectivity index (χ3v) is 3.28. The van der Waals surface area contributed by atoms with Crippen molar-refractivity contribution in [3.63, 3.8) is 0 Å². The molecule has 5 heteroatoms. The summed E-state index contributed by atoms with van der Waals surface area (Å²) >= 11 is 0. The Hall–Kier alpha value is -0.940. The van der Waals surface area contributed by atoms with Crippen molar-refractivity contribution in [2.75, 3.05) is 13.1 Å². The van der Waals surface area contributed by atoms with E-state index >= 15 is 0 Å². The summed E-state index contributed by atoms with van der Waals surface area (Å²) in [5, 5.41) is 13.6. The first kappa shape index (κ1) is 12.5. The van der Waals surface area contributed by atoms with Crippen LogP contribution in [-0.2, 0) is 13.0 Å². The Morgan fingerprint density at radius 2 is 2.35 bits per heavy atom. The average molecular weight is 239 g/mol. The molecule has 0 saturated carbocycles. The molecule has 1 aromatic heterocycles. The van der Waals surface area contributed by atoms with Gasteiger partial charge in [-0.05, 0) is 18.8 Å². The van der Waals surface area contributed by atoms with E-state index in [9.17, 15) is 5.11 Å². The smallest absolute Gasteiger partial charge is 0.226 e. The standard InChI is InChI=1S/C12H21N3O2/c1-3-4-12-13-11(14-17-12)8-15-6-5-10(16)9(2)7-15/h9-10,16H,3-8H2,1-2H3. The van der Waals surface area contributed by atoms with E-state index in [2.05, 4.69) is 28.9 Å². The molecule has 0 aromatic carbocycles. The molecule has 0 radical (unpaired) electrons. The van der Waals surface area contributed by atoms with Gasteiger partial charge in [0.15, 0.2) is 5.82 Å². The summed E-state index contributed by atoms with van der Waals surface area (Å²) in [4.78, 5) is 6.63. The Balaban J connectivity index is 1.87. The van der Waals surface area contributed by atoms with Gasteiger partial charge in [-0.2, -0.15) is 4.98 Å². The number of aliphatic hydroxyl groups excluding tert-OH is 1. The second kappa shape index (κ2) is 5.60. The van der Waals surface area contributed by atoms with Crippen LogP contribution in [0, 0.1) is 5.92 Å². The number of hydrogen-bond donors (Lipinski definition) is 1. The molecular weight excluding hydrogens is 218 g/mol. The lowest BCUT2D eigenvalue weighted by Gasteiger charge is -2.33. The number of hydrogen-bond acceptors (Lipinski definition) is 5. The lowest BCUT2D eigenvalue weighted by atomic mass is 9.97. The maximum Gasteiger partial charge on any atom is 0.226 e. The molecule has 1 saturated heterocycles. The molecule has 0 amide bonds. The fourth-order valence-electron chi connectivity index (χ4n) is 2.23. The highest BCUT2D eigenvalue weighted by Crippen LogP contribution is 2.17. The van der Waals surface area contributed by atoms with Gasteiger partial charge in [-0.1, -0.05) is 19.0 Å². The van der Waals surface area contributed by atoms with Gasteiger partial charge in [-0.15, -0.1) is 0 Å². The largest absolute Gasteiger partial charge is 0.393 e. The van der Waals surface area contributed by atoms with E-state index in [1.165, 1.54) is 0 Å². The lowest BCUT2D eigenvalue weighted by Crippen LogP contribution is -2.41. The van der Waals surface area contributed by atoms with Crippen LogP contribution in [0.5, 0.6) is 0 Å². The van der Waals surface area contributed by atoms with Gasteiger partial charge in [0.05, 0.1) is 12.6 Å². The van der Waals surface area contributed by atoms with Crippen molar-refractivity contribution < 1.29 is 9.63 Å². The molecular formula is C12H21N3O2. The summed E-state index contributed by atoms with van der Waals surface area (Å²) in [7, 11) is 0. The molecule has 5 nitrogen and oxygen atoms in total. The molecule has 1 aromatic rings. The van der Waals surface area contributed by atoms with Gasteiger partial charge in [-0.3, -0.25) is 4.90 Å². The highest BCUT2D eigenvalue weighted by molar-refractivity contribution is 4.88. The van der Waals surface area contributed by atoms with Crippen LogP contribution in [0.25, 0.3) is 0 Å². The maximum absolute atomic E-state index is 9.66. The number of piperidine rings is 1. The van der Waals surface area contributed by atoms with Crippen LogP contribution in [0.2, 0.25) is 0 Å². The molecule has 0 spiro atoms. The van der Waals surface area contributed by atoms with Gasteiger partial charge >= 0.3 is 0 Å². The van der Waals surface area contributed by atoms with Crippen molar-refractivity contribution in [1.82, 2.24) is 15.0 Å². The third-order valence-electron chi connectivity index (χ3n) is 3.28. The van der Waals surface area contributed by atoms with Crippen molar-refractivity contribution in [3.05, 3.63) is 11.7 Å². The van der Waals surface area contributed by atoms with E-state index in [-0.39, 0.29) is 6.10 Å². The van der Waals surface area contributed by atoms with Gasteiger partial charge in [-0.25, -0.2) is 0 Å². The Morgan fingerprint density at radius 3 is 3.06 bits per heavy atom. The second-order valence-electron chi connectivity index (χ2n) is 4.92. The van der Waals surface area contributed by atoms with Gasteiger partial charge in [0.1, 0.15) is 0 Å². The minimum atomic E-state index is -0.160. The van der Waals surface area contributed by atoms with Crippen LogP contribution in [0.3, 0.4) is 0 Å². The SMILES string of the molecule is CCCc1nc(CN2CCC(O)C(C)C2)no1. The van der Waals surface area contributed by atoms with E-state index in [1.807, 2.05) is 0 Å². The number of nitrogens with zero attached hydrogens (tertiary/aromatic N) is 3. The number of aryl methyl sites for hydroxylation is 1. The molecule has 0 bridgehead atoms. The first-order valence-corrected chi connectivity index (χ1v) is 6.41. The number of aliphatic hydroxyl groups is 1. The van der Waals surface area contributed by atoms with Crippen molar-refractivity contribution in [2.45, 2.75) is 45.8 Å². The van der Waals surface area contributed by atoms with Crippen LogP contribution < -0.4 is 0 Å². The highest BCUT2D eigenvalue weighted by atomic mass is 16.5. The quantitative estimate of drug-likeness (QED) is 0.856. The maximum atomic E-state index is 9.66. The minimum Gasteiger partial charge on any atom is -0.393 e. The molecule has 2 rings (SSSR count). The Bertz CT molecular complexity index is 353. The van der Waals surface area contributed by atoms with E-state index in [0.717, 1.165) is 50.6 Å². The number of aromatic nitrogens is 2. The molecule has 1 fully saturated rings. The van der Waals surface area contributed by atoms with Crippen LogP contribution in [0.1, 0.15) is 38.4 Å². The molecule has 1 N–H and O–H groups in total. The Labute approximate surface area is 102 Å². The summed E-state index contributed by atoms with van der Waals surface area (Å²) in [5.74, 6) is 1.82. The zero-order valence-electron chi connectivity index (χ0n) is 10.6. The lowest BCUT2D eigenvalue weighted by molar-refractivity contribution is 0.0308. The predicted molar refractivity (Wildman–Crippen MR) is 63.4 cm³/mol. The van der Waals surface area contributed by atoms with Crippen molar-refractivity contribution in [1.29, 1.82) is 0 Å². The van der Waals surface area contributed by atoms with Crippen LogP contribution >= 0.6 is 0 Å². The fourth-order valence-corrected chi connectivity index (χ4v) is 2.23. The van der Waals surface area contributed by atoms with Crippen LogP contribution in [0.4, 0.5) is 0 Å². The van der Waals surface area contributed by atoms with E-state index in [1.54, 1.807) is 0 Å². The normalized spacial score (nSPS) is 26.3. The van der Waals surface area contributed by atoms with Crippen molar-refractivity contribution >= 4 is 0 Å². The van der Waals surface area contributed by atoms with Crippen LogP contribution in [0.15, 0.2) is 4.52 Å². The molecule has 1 aliphatic heterocycles. The van der Waals surface area contributed by atoms with Gasteiger partial charge < -0.3 is 9.63 Å². The summed E-state index contributed by atoms with van der Waals surface area (Å²) in [6, 6.07) is 0. The number of rotatable bonds is 4. The zero-order valence-corrected chi connectivity index (χ0v) is 10.6. The van der Waals surface area contributed by atoms with Crippen molar-refractivity contribution in [3.8, 4) is 0 Å². The molecule has 17 heavy (non-hydrogen) atoms. The summed E-state index contributed by atoms with van der Waals surface area (Å²) in [5.41, 5.74) is 0. The van der Waals surface area contributed by atoms with Crippen LogP contribution in [-0.4, -0.2) is 39.3 Å². The molecule has 2 atom stereocenters. The predicted octanol–water partition coefficient (Wildman–Crippen LogP) is 1.22. The average Bonchev–Trinajstić information content (AvgIpc) is 2.72. The monoisotopic (exact) mass is 239 g/mol. The zero-order chi connectivity index (χ0) is 12.3. The Kier molecular flexibility index (Phi) is 4.12. The summed E-state index contributed by atoms with van der Waals surface area (Å²) in [6.45, 7) is 6.71. The third kappa shape index (κ3) is 3.26. The van der Waals surface area contributed by atoms with Gasteiger partial charge in [0, 0.05) is 19.5 Å². The topological polar surface area (TPSA) is 62.4 Å². The Morgan fingerprint density at radius 1 is 1.53 bits per heavy atom.